The standard InChI is InChI=1S/C12H23N5O/c1-5-13-12(14-6-2)15-8-7-10-16-11(9(3)4)17-18-10/h9H,5-8H2,1-4H3,(H2,13,14,15). The lowest BCUT2D eigenvalue weighted by Crippen LogP contribution is -2.37. The predicted octanol–water partition coefficient (Wildman–Crippen LogP) is 1.31. The molecule has 102 valence electrons. The van der Waals surface area contributed by atoms with Crippen molar-refractivity contribution in [2.75, 3.05) is 19.6 Å². The third-order valence-corrected chi connectivity index (χ3v) is 2.28. The summed E-state index contributed by atoms with van der Waals surface area (Å²) < 4.78 is 5.16. The molecule has 0 aliphatic rings. The molecule has 0 atom stereocenters. The van der Waals surface area contributed by atoms with Crippen LogP contribution in [-0.2, 0) is 6.42 Å². The SMILES string of the molecule is CCNC(=NCCc1nc(C(C)C)no1)NCC. The van der Waals surface area contributed by atoms with Crippen LogP contribution in [0.1, 0.15) is 45.3 Å². The fourth-order valence-corrected chi connectivity index (χ4v) is 1.38. The van der Waals surface area contributed by atoms with Gasteiger partial charge in [0.2, 0.25) is 5.89 Å². The highest BCUT2D eigenvalue weighted by Crippen LogP contribution is 2.09. The molecule has 1 rings (SSSR count). The number of aromatic nitrogens is 2. The van der Waals surface area contributed by atoms with E-state index in [1.807, 2.05) is 27.7 Å². The maximum Gasteiger partial charge on any atom is 0.228 e. The first-order valence-electron chi connectivity index (χ1n) is 6.52. The first-order chi connectivity index (χ1) is 8.67. The van der Waals surface area contributed by atoms with Gasteiger partial charge in [0.15, 0.2) is 11.8 Å². The molecule has 0 aromatic carbocycles. The van der Waals surface area contributed by atoms with Crippen LogP contribution in [0, 0.1) is 0 Å². The van der Waals surface area contributed by atoms with E-state index >= 15 is 0 Å². The molecule has 2 N–H and O–H groups in total. The molecule has 18 heavy (non-hydrogen) atoms. The Labute approximate surface area is 108 Å². The van der Waals surface area contributed by atoms with Crippen LogP contribution in [0.15, 0.2) is 9.52 Å². The highest BCUT2D eigenvalue weighted by atomic mass is 16.5. The van der Waals surface area contributed by atoms with Crippen molar-refractivity contribution < 1.29 is 4.52 Å². The monoisotopic (exact) mass is 253 g/mol. The molecule has 1 aromatic heterocycles. The normalized spacial score (nSPS) is 10.5. The quantitative estimate of drug-likeness (QED) is 0.590. The van der Waals surface area contributed by atoms with E-state index in [2.05, 4.69) is 25.8 Å². The van der Waals surface area contributed by atoms with Crippen LogP contribution in [0.25, 0.3) is 0 Å². The first kappa shape index (κ1) is 14.5. The molecule has 0 aliphatic heterocycles. The molecular formula is C12H23N5O. The van der Waals surface area contributed by atoms with E-state index in [0.717, 1.165) is 24.9 Å². The van der Waals surface area contributed by atoms with E-state index in [1.54, 1.807) is 0 Å². The van der Waals surface area contributed by atoms with Crippen LogP contribution >= 0.6 is 0 Å². The number of rotatable bonds is 6. The molecule has 1 aromatic rings. The van der Waals surface area contributed by atoms with Crippen LogP contribution in [0.5, 0.6) is 0 Å². The van der Waals surface area contributed by atoms with Gasteiger partial charge >= 0.3 is 0 Å². The number of hydrogen-bond acceptors (Lipinski definition) is 4. The van der Waals surface area contributed by atoms with Gasteiger partial charge in [-0.1, -0.05) is 19.0 Å². The van der Waals surface area contributed by atoms with Crippen molar-refractivity contribution in [2.24, 2.45) is 4.99 Å². The molecule has 0 amide bonds. The van der Waals surface area contributed by atoms with Crippen molar-refractivity contribution in [3.63, 3.8) is 0 Å². The largest absolute Gasteiger partial charge is 0.357 e. The fourth-order valence-electron chi connectivity index (χ4n) is 1.38. The van der Waals surface area contributed by atoms with Crippen molar-refractivity contribution in [3.05, 3.63) is 11.7 Å². The van der Waals surface area contributed by atoms with Gasteiger partial charge in [-0.15, -0.1) is 0 Å². The average Bonchev–Trinajstić information content (AvgIpc) is 2.78. The Bertz CT molecular complexity index is 364. The summed E-state index contributed by atoms with van der Waals surface area (Å²) >= 11 is 0. The summed E-state index contributed by atoms with van der Waals surface area (Å²) in [6.45, 7) is 10.5. The van der Waals surface area contributed by atoms with Gasteiger partial charge in [-0.2, -0.15) is 4.98 Å². The maximum atomic E-state index is 5.16. The zero-order valence-electron chi connectivity index (χ0n) is 11.7. The molecule has 6 heteroatoms. The second-order valence-electron chi connectivity index (χ2n) is 4.24. The lowest BCUT2D eigenvalue weighted by Gasteiger charge is -2.08. The minimum absolute atomic E-state index is 0.296. The average molecular weight is 253 g/mol. The van der Waals surface area contributed by atoms with Gasteiger partial charge in [0, 0.05) is 25.4 Å². The molecular weight excluding hydrogens is 230 g/mol. The van der Waals surface area contributed by atoms with Crippen LogP contribution in [0.2, 0.25) is 0 Å². The molecule has 0 fully saturated rings. The zero-order valence-corrected chi connectivity index (χ0v) is 11.7. The van der Waals surface area contributed by atoms with E-state index in [4.69, 9.17) is 4.52 Å². The summed E-state index contributed by atoms with van der Waals surface area (Å²) in [7, 11) is 0. The van der Waals surface area contributed by atoms with E-state index in [0.29, 0.717) is 24.8 Å². The van der Waals surface area contributed by atoms with E-state index < -0.39 is 0 Å². The Hall–Kier alpha value is -1.59. The molecule has 0 saturated heterocycles. The van der Waals surface area contributed by atoms with Gasteiger partial charge in [-0.05, 0) is 13.8 Å². The zero-order chi connectivity index (χ0) is 13.4. The molecule has 0 unspecified atom stereocenters. The van der Waals surface area contributed by atoms with Gasteiger partial charge in [0.25, 0.3) is 0 Å². The molecule has 0 spiro atoms. The molecule has 6 nitrogen and oxygen atoms in total. The Kier molecular flexibility index (Phi) is 6.18. The topological polar surface area (TPSA) is 75.3 Å². The number of nitrogens with zero attached hydrogens (tertiary/aromatic N) is 3. The molecule has 0 saturated carbocycles. The van der Waals surface area contributed by atoms with E-state index in [1.165, 1.54) is 0 Å². The van der Waals surface area contributed by atoms with Gasteiger partial charge in [0.1, 0.15) is 0 Å². The molecule has 1 heterocycles. The summed E-state index contributed by atoms with van der Waals surface area (Å²) in [5, 5.41) is 10.3. The minimum Gasteiger partial charge on any atom is -0.357 e. The van der Waals surface area contributed by atoms with E-state index in [-0.39, 0.29) is 0 Å². The van der Waals surface area contributed by atoms with Crippen molar-refractivity contribution in [3.8, 4) is 0 Å². The summed E-state index contributed by atoms with van der Waals surface area (Å²) in [6, 6.07) is 0. The molecule has 0 bridgehead atoms. The van der Waals surface area contributed by atoms with Gasteiger partial charge in [-0.25, -0.2) is 0 Å². The Morgan fingerprint density at radius 3 is 2.44 bits per heavy atom. The third-order valence-electron chi connectivity index (χ3n) is 2.28. The van der Waals surface area contributed by atoms with Crippen molar-refractivity contribution >= 4 is 5.96 Å². The highest BCUT2D eigenvalue weighted by Gasteiger charge is 2.08. The second-order valence-corrected chi connectivity index (χ2v) is 4.24. The predicted molar refractivity (Wildman–Crippen MR) is 71.7 cm³/mol. The van der Waals surface area contributed by atoms with Crippen LogP contribution in [0.3, 0.4) is 0 Å². The number of hydrogen-bond donors (Lipinski definition) is 2. The fraction of sp³-hybridized carbons (Fsp3) is 0.750. The van der Waals surface area contributed by atoms with Crippen molar-refractivity contribution in [1.29, 1.82) is 0 Å². The molecule has 0 aliphatic carbocycles. The van der Waals surface area contributed by atoms with Crippen LogP contribution < -0.4 is 10.6 Å². The Balaban J connectivity index is 2.45. The summed E-state index contributed by atoms with van der Waals surface area (Å²) in [6.07, 6.45) is 0.667. The van der Waals surface area contributed by atoms with Crippen molar-refractivity contribution in [2.45, 2.75) is 40.0 Å². The number of guanidine groups is 1. The van der Waals surface area contributed by atoms with Crippen molar-refractivity contribution in [1.82, 2.24) is 20.8 Å². The number of aliphatic imine (C=N–C) groups is 1. The summed E-state index contributed by atoms with van der Waals surface area (Å²) in [5.41, 5.74) is 0. The number of nitrogens with one attached hydrogen (secondary N) is 2. The highest BCUT2D eigenvalue weighted by molar-refractivity contribution is 5.79. The summed E-state index contributed by atoms with van der Waals surface area (Å²) in [4.78, 5) is 8.73. The maximum absolute atomic E-state index is 5.16. The van der Waals surface area contributed by atoms with Gasteiger partial charge in [-0.3, -0.25) is 4.99 Å². The first-order valence-corrected chi connectivity index (χ1v) is 6.52. The lowest BCUT2D eigenvalue weighted by molar-refractivity contribution is 0.372. The Morgan fingerprint density at radius 2 is 1.94 bits per heavy atom. The Morgan fingerprint density at radius 1 is 1.28 bits per heavy atom. The lowest BCUT2D eigenvalue weighted by atomic mass is 10.2. The third kappa shape index (κ3) is 4.73. The minimum atomic E-state index is 0.296. The summed E-state index contributed by atoms with van der Waals surface area (Å²) in [5.74, 6) is 2.52. The smallest absolute Gasteiger partial charge is 0.228 e. The van der Waals surface area contributed by atoms with Crippen LogP contribution in [0.4, 0.5) is 0 Å². The van der Waals surface area contributed by atoms with Gasteiger partial charge < -0.3 is 15.2 Å². The molecule has 0 radical (unpaired) electrons. The van der Waals surface area contributed by atoms with Crippen LogP contribution in [-0.4, -0.2) is 35.7 Å². The van der Waals surface area contributed by atoms with E-state index in [9.17, 15) is 0 Å². The second kappa shape index (κ2) is 7.68. The van der Waals surface area contributed by atoms with Gasteiger partial charge in [0.05, 0.1) is 6.54 Å².